The summed E-state index contributed by atoms with van der Waals surface area (Å²) in [4.78, 5) is 11.5. The minimum absolute atomic E-state index is 0.416. The minimum Gasteiger partial charge on any atom is -0.300 e. The van der Waals surface area contributed by atoms with Crippen LogP contribution in [0.3, 0.4) is 0 Å². The van der Waals surface area contributed by atoms with Gasteiger partial charge in [0.25, 0.3) is 0 Å². The molecule has 1 atom stereocenters. The van der Waals surface area contributed by atoms with E-state index in [0.29, 0.717) is 11.7 Å². The van der Waals surface area contributed by atoms with Gasteiger partial charge in [0, 0.05) is 12.8 Å². The highest BCUT2D eigenvalue weighted by Gasteiger charge is 2.16. The van der Waals surface area contributed by atoms with Crippen molar-refractivity contribution in [3.05, 3.63) is 54.1 Å². The van der Waals surface area contributed by atoms with Gasteiger partial charge in [-0.15, -0.1) is 0 Å². The SMILES string of the molecule is O=C1CCCC(/C=C/c2cccc3ccccc23)C1. The Bertz CT molecular complexity index is 619. The Labute approximate surface area is 113 Å². The molecule has 0 saturated heterocycles. The summed E-state index contributed by atoms with van der Waals surface area (Å²) in [6.07, 6.45) is 8.10. The first-order chi connectivity index (χ1) is 9.33. The van der Waals surface area contributed by atoms with E-state index in [9.17, 15) is 4.79 Å². The molecule has 0 bridgehead atoms. The van der Waals surface area contributed by atoms with Crippen LogP contribution in [0.1, 0.15) is 31.2 Å². The molecule has 0 spiro atoms. The molecule has 1 saturated carbocycles. The molecule has 1 aliphatic rings. The fourth-order valence-corrected chi connectivity index (χ4v) is 2.86. The van der Waals surface area contributed by atoms with Crippen molar-refractivity contribution >= 4 is 22.6 Å². The quantitative estimate of drug-likeness (QED) is 0.760. The van der Waals surface area contributed by atoms with E-state index in [4.69, 9.17) is 0 Å². The van der Waals surface area contributed by atoms with E-state index in [1.807, 2.05) is 0 Å². The number of hydrogen-bond acceptors (Lipinski definition) is 1. The van der Waals surface area contributed by atoms with Crippen molar-refractivity contribution in [1.29, 1.82) is 0 Å². The molecule has 2 aromatic rings. The topological polar surface area (TPSA) is 17.1 Å². The van der Waals surface area contributed by atoms with Gasteiger partial charge in [0.2, 0.25) is 0 Å². The van der Waals surface area contributed by atoms with Crippen molar-refractivity contribution in [2.75, 3.05) is 0 Å². The summed E-state index contributed by atoms with van der Waals surface area (Å²) in [5.41, 5.74) is 1.25. The predicted molar refractivity (Wildman–Crippen MR) is 79.9 cm³/mol. The number of Topliss-reactive ketones (excluding diaryl/α,β-unsaturated/α-hetero) is 1. The van der Waals surface area contributed by atoms with E-state index in [0.717, 1.165) is 25.7 Å². The van der Waals surface area contributed by atoms with Crippen molar-refractivity contribution in [2.24, 2.45) is 5.92 Å². The van der Waals surface area contributed by atoms with Crippen molar-refractivity contribution in [1.82, 2.24) is 0 Å². The summed E-state index contributed by atoms with van der Waals surface area (Å²) in [5, 5.41) is 2.55. The lowest BCUT2D eigenvalue weighted by atomic mass is 9.87. The molecule has 0 radical (unpaired) electrons. The van der Waals surface area contributed by atoms with Gasteiger partial charge in [-0.05, 0) is 35.1 Å². The molecule has 2 aromatic carbocycles. The zero-order valence-electron chi connectivity index (χ0n) is 11.0. The molecule has 3 rings (SSSR count). The Balaban J connectivity index is 1.86. The first-order valence-corrected chi connectivity index (χ1v) is 7.00. The van der Waals surface area contributed by atoms with Crippen molar-refractivity contribution in [3.8, 4) is 0 Å². The van der Waals surface area contributed by atoms with Crippen LogP contribution in [0.2, 0.25) is 0 Å². The van der Waals surface area contributed by atoms with Gasteiger partial charge in [-0.3, -0.25) is 4.79 Å². The molecule has 0 N–H and O–H groups in total. The van der Waals surface area contributed by atoms with E-state index >= 15 is 0 Å². The zero-order chi connectivity index (χ0) is 13.1. The molecule has 1 heteroatoms. The zero-order valence-corrected chi connectivity index (χ0v) is 11.0. The Morgan fingerprint density at radius 3 is 2.79 bits per heavy atom. The molecule has 0 heterocycles. The van der Waals surface area contributed by atoms with Crippen LogP contribution >= 0.6 is 0 Å². The first-order valence-electron chi connectivity index (χ1n) is 7.00. The number of rotatable bonds is 2. The lowest BCUT2D eigenvalue weighted by Gasteiger charge is -2.17. The number of carbonyl (C=O) groups excluding carboxylic acids is 1. The van der Waals surface area contributed by atoms with E-state index in [1.54, 1.807) is 0 Å². The van der Waals surface area contributed by atoms with E-state index in [2.05, 4.69) is 54.6 Å². The summed E-state index contributed by atoms with van der Waals surface area (Å²) in [6.45, 7) is 0. The fraction of sp³-hybridized carbons (Fsp3) is 0.278. The molecular formula is C18H18O. The van der Waals surface area contributed by atoms with Crippen LogP contribution in [0.4, 0.5) is 0 Å². The van der Waals surface area contributed by atoms with Gasteiger partial charge in [-0.25, -0.2) is 0 Å². The number of ketones is 1. The second kappa shape index (κ2) is 5.40. The average molecular weight is 250 g/mol. The molecule has 1 unspecified atom stereocenters. The van der Waals surface area contributed by atoms with E-state index in [1.165, 1.54) is 16.3 Å². The molecule has 0 aromatic heterocycles. The van der Waals surface area contributed by atoms with Crippen molar-refractivity contribution in [3.63, 3.8) is 0 Å². The summed E-state index contributed by atoms with van der Waals surface area (Å²) >= 11 is 0. The number of hydrogen-bond donors (Lipinski definition) is 0. The largest absolute Gasteiger partial charge is 0.300 e. The normalized spacial score (nSPS) is 20.2. The van der Waals surface area contributed by atoms with Gasteiger partial charge in [0.05, 0.1) is 0 Å². The van der Waals surface area contributed by atoms with Crippen LogP contribution in [-0.4, -0.2) is 5.78 Å². The summed E-state index contributed by atoms with van der Waals surface area (Å²) in [7, 11) is 0. The molecule has 96 valence electrons. The van der Waals surface area contributed by atoms with Crippen molar-refractivity contribution < 1.29 is 4.79 Å². The lowest BCUT2D eigenvalue weighted by molar-refractivity contribution is -0.121. The highest BCUT2D eigenvalue weighted by Crippen LogP contribution is 2.25. The lowest BCUT2D eigenvalue weighted by Crippen LogP contribution is -2.12. The van der Waals surface area contributed by atoms with Crippen molar-refractivity contribution in [2.45, 2.75) is 25.7 Å². The predicted octanol–water partition coefficient (Wildman–Crippen LogP) is 4.61. The van der Waals surface area contributed by atoms with Gasteiger partial charge >= 0.3 is 0 Å². The smallest absolute Gasteiger partial charge is 0.133 e. The second-order valence-electron chi connectivity index (χ2n) is 5.32. The van der Waals surface area contributed by atoms with Crippen LogP contribution in [0, 0.1) is 5.92 Å². The molecule has 1 aliphatic carbocycles. The van der Waals surface area contributed by atoms with Gasteiger partial charge in [-0.1, -0.05) is 54.6 Å². The molecule has 0 amide bonds. The van der Waals surface area contributed by atoms with E-state index in [-0.39, 0.29) is 0 Å². The summed E-state index contributed by atoms with van der Waals surface area (Å²) < 4.78 is 0. The molecular weight excluding hydrogens is 232 g/mol. The Hall–Kier alpha value is -1.89. The van der Waals surface area contributed by atoms with Crippen LogP contribution in [0.5, 0.6) is 0 Å². The van der Waals surface area contributed by atoms with Gasteiger partial charge in [-0.2, -0.15) is 0 Å². The minimum atomic E-state index is 0.416. The summed E-state index contributed by atoms with van der Waals surface area (Å²) in [6, 6.07) is 14.8. The van der Waals surface area contributed by atoms with Gasteiger partial charge in [0.1, 0.15) is 5.78 Å². The van der Waals surface area contributed by atoms with Crippen LogP contribution in [0.25, 0.3) is 16.8 Å². The highest BCUT2D eigenvalue weighted by atomic mass is 16.1. The monoisotopic (exact) mass is 250 g/mol. The maximum Gasteiger partial charge on any atom is 0.133 e. The van der Waals surface area contributed by atoms with E-state index < -0.39 is 0 Å². The maximum atomic E-state index is 11.5. The standard InChI is InChI=1S/C18H18O/c19-17-9-3-5-14(13-17)11-12-16-8-4-7-15-6-1-2-10-18(15)16/h1-2,4,6-8,10-12,14H,3,5,9,13H2/b12-11+. The first kappa shape index (κ1) is 12.2. The summed E-state index contributed by atoms with van der Waals surface area (Å²) in [5.74, 6) is 0.846. The fourth-order valence-electron chi connectivity index (χ4n) is 2.86. The Morgan fingerprint density at radius 2 is 1.89 bits per heavy atom. The van der Waals surface area contributed by atoms with Gasteiger partial charge < -0.3 is 0 Å². The number of carbonyl (C=O) groups is 1. The molecule has 0 aliphatic heterocycles. The maximum absolute atomic E-state index is 11.5. The third-order valence-electron chi connectivity index (χ3n) is 3.89. The molecule has 1 fully saturated rings. The Kier molecular flexibility index (Phi) is 3.45. The highest BCUT2D eigenvalue weighted by molar-refractivity contribution is 5.90. The molecule has 19 heavy (non-hydrogen) atoms. The van der Waals surface area contributed by atoms with Crippen LogP contribution in [0.15, 0.2) is 48.5 Å². The number of benzene rings is 2. The molecule has 1 nitrogen and oxygen atoms in total. The Morgan fingerprint density at radius 1 is 1.05 bits per heavy atom. The third-order valence-corrected chi connectivity index (χ3v) is 3.89. The second-order valence-corrected chi connectivity index (χ2v) is 5.32. The van der Waals surface area contributed by atoms with Crippen LogP contribution < -0.4 is 0 Å². The van der Waals surface area contributed by atoms with Crippen LogP contribution in [-0.2, 0) is 4.79 Å². The number of fused-ring (bicyclic) bond motifs is 1. The third kappa shape index (κ3) is 2.76. The average Bonchev–Trinajstić information content (AvgIpc) is 2.45. The number of allylic oxidation sites excluding steroid dienone is 1. The van der Waals surface area contributed by atoms with Gasteiger partial charge in [0.15, 0.2) is 0 Å².